The lowest BCUT2D eigenvalue weighted by atomic mass is 10.1. The molecule has 0 saturated carbocycles. The standard InChI is InChI=1S/C15H23N3/c1-3-17-9-12(2)16-8-15(17)18-10-13-6-4-5-7-14(13)11-18/h4-7,12,15-16H,3,8-11H2,1-2H3. The van der Waals surface area contributed by atoms with Crippen LogP contribution in [0.2, 0.25) is 0 Å². The lowest BCUT2D eigenvalue weighted by molar-refractivity contribution is 0.0125. The second-order valence-electron chi connectivity index (χ2n) is 5.55. The average Bonchev–Trinajstić information content (AvgIpc) is 2.82. The van der Waals surface area contributed by atoms with Crippen molar-refractivity contribution in [2.75, 3.05) is 19.6 Å². The maximum atomic E-state index is 3.62. The average molecular weight is 245 g/mol. The van der Waals surface area contributed by atoms with Crippen LogP contribution in [0.3, 0.4) is 0 Å². The Morgan fingerprint density at radius 1 is 1.22 bits per heavy atom. The summed E-state index contributed by atoms with van der Waals surface area (Å²) in [6.07, 6.45) is 0.554. The molecule has 2 aliphatic rings. The maximum Gasteiger partial charge on any atom is 0.0757 e. The number of nitrogens with zero attached hydrogens (tertiary/aromatic N) is 2. The van der Waals surface area contributed by atoms with Crippen LogP contribution in [0.25, 0.3) is 0 Å². The molecule has 2 heterocycles. The van der Waals surface area contributed by atoms with Gasteiger partial charge in [0.05, 0.1) is 6.17 Å². The Bertz CT molecular complexity index is 393. The largest absolute Gasteiger partial charge is 0.310 e. The van der Waals surface area contributed by atoms with Crippen molar-refractivity contribution in [3.63, 3.8) is 0 Å². The van der Waals surface area contributed by atoms with Crippen molar-refractivity contribution < 1.29 is 0 Å². The molecule has 98 valence electrons. The van der Waals surface area contributed by atoms with Gasteiger partial charge in [-0.25, -0.2) is 0 Å². The van der Waals surface area contributed by atoms with E-state index in [1.54, 1.807) is 0 Å². The summed E-state index contributed by atoms with van der Waals surface area (Å²) in [5.74, 6) is 0. The second-order valence-corrected chi connectivity index (χ2v) is 5.55. The number of hydrogen-bond acceptors (Lipinski definition) is 3. The number of nitrogens with one attached hydrogen (secondary N) is 1. The molecule has 2 atom stereocenters. The number of fused-ring (bicyclic) bond motifs is 1. The summed E-state index contributed by atoms with van der Waals surface area (Å²) in [5.41, 5.74) is 3.01. The number of rotatable bonds is 2. The molecule has 1 fully saturated rings. The fourth-order valence-corrected chi connectivity index (χ4v) is 3.24. The minimum Gasteiger partial charge on any atom is -0.310 e. The predicted octanol–water partition coefficient (Wildman–Crippen LogP) is 1.64. The molecule has 0 aliphatic carbocycles. The summed E-state index contributed by atoms with van der Waals surface area (Å²) in [4.78, 5) is 5.21. The van der Waals surface area contributed by atoms with E-state index >= 15 is 0 Å². The molecule has 0 spiro atoms. The van der Waals surface area contributed by atoms with Gasteiger partial charge in [-0.3, -0.25) is 9.80 Å². The van der Waals surface area contributed by atoms with Crippen molar-refractivity contribution in [3.05, 3.63) is 35.4 Å². The van der Waals surface area contributed by atoms with Crippen LogP contribution >= 0.6 is 0 Å². The number of hydrogen-bond donors (Lipinski definition) is 1. The Labute approximate surface area is 110 Å². The summed E-state index contributed by atoms with van der Waals surface area (Å²) in [5, 5.41) is 3.62. The highest BCUT2D eigenvalue weighted by atomic mass is 15.4. The topological polar surface area (TPSA) is 18.5 Å². The molecule has 2 unspecified atom stereocenters. The van der Waals surface area contributed by atoms with E-state index in [0.717, 1.165) is 32.7 Å². The van der Waals surface area contributed by atoms with E-state index in [-0.39, 0.29) is 0 Å². The van der Waals surface area contributed by atoms with E-state index in [0.29, 0.717) is 12.2 Å². The maximum absolute atomic E-state index is 3.62. The molecular formula is C15H23N3. The molecule has 3 nitrogen and oxygen atoms in total. The molecule has 2 aliphatic heterocycles. The third-order valence-corrected chi connectivity index (χ3v) is 4.27. The van der Waals surface area contributed by atoms with E-state index < -0.39 is 0 Å². The summed E-state index contributed by atoms with van der Waals surface area (Å²) >= 11 is 0. The van der Waals surface area contributed by atoms with Gasteiger partial charge >= 0.3 is 0 Å². The van der Waals surface area contributed by atoms with E-state index in [9.17, 15) is 0 Å². The van der Waals surface area contributed by atoms with Gasteiger partial charge in [0, 0.05) is 32.2 Å². The van der Waals surface area contributed by atoms with Crippen molar-refractivity contribution in [3.8, 4) is 0 Å². The molecule has 3 heteroatoms. The summed E-state index contributed by atoms with van der Waals surface area (Å²) < 4.78 is 0. The number of piperazine rings is 1. The van der Waals surface area contributed by atoms with Gasteiger partial charge in [0.1, 0.15) is 0 Å². The van der Waals surface area contributed by atoms with Crippen molar-refractivity contribution in [1.82, 2.24) is 15.1 Å². The van der Waals surface area contributed by atoms with Crippen LogP contribution in [-0.4, -0.2) is 41.6 Å². The van der Waals surface area contributed by atoms with Gasteiger partial charge < -0.3 is 5.32 Å². The lowest BCUT2D eigenvalue weighted by Gasteiger charge is -2.43. The molecule has 0 amide bonds. The van der Waals surface area contributed by atoms with Crippen LogP contribution in [0.1, 0.15) is 25.0 Å². The van der Waals surface area contributed by atoms with Gasteiger partial charge in [0.15, 0.2) is 0 Å². The van der Waals surface area contributed by atoms with E-state index in [2.05, 4.69) is 53.2 Å². The number of likely N-dealkylation sites (N-methyl/N-ethyl adjacent to an activating group) is 1. The van der Waals surface area contributed by atoms with Crippen molar-refractivity contribution in [2.45, 2.75) is 39.1 Å². The van der Waals surface area contributed by atoms with Crippen molar-refractivity contribution in [2.24, 2.45) is 0 Å². The van der Waals surface area contributed by atoms with E-state index in [4.69, 9.17) is 0 Å². The first-order chi connectivity index (χ1) is 8.78. The highest BCUT2D eigenvalue weighted by molar-refractivity contribution is 5.30. The smallest absolute Gasteiger partial charge is 0.0757 e. The van der Waals surface area contributed by atoms with E-state index in [1.165, 1.54) is 11.1 Å². The Hall–Kier alpha value is -0.900. The summed E-state index contributed by atoms with van der Waals surface area (Å²) in [6.45, 7) is 10.1. The van der Waals surface area contributed by atoms with Gasteiger partial charge in [-0.2, -0.15) is 0 Å². The molecule has 1 aromatic rings. The van der Waals surface area contributed by atoms with Crippen LogP contribution in [0.4, 0.5) is 0 Å². The van der Waals surface area contributed by atoms with E-state index in [1.807, 2.05) is 0 Å². The molecule has 3 rings (SSSR count). The van der Waals surface area contributed by atoms with Crippen LogP contribution in [0.5, 0.6) is 0 Å². The third kappa shape index (κ3) is 2.18. The SMILES string of the molecule is CCN1CC(C)NCC1N1Cc2ccccc2C1. The molecule has 0 radical (unpaired) electrons. The summed E-state index contributed by atoms with van der Waals surface area (Å²) in [6, 6.07) is 9.46. The lowest BCUT2D eigenvalue weighted by Crippen LogP contribution is -2.60. The minimum absolute atomic E-state index is 0.554. The highest BCUT2D eigenvalue weighted by Crippen LogP contribution is 2.26. The zero-order valence-corrected chi connectivity index (χ0v) is 11.4. The van der Waals surface area contributed by atoms with Gasteiger partial charge in [0.2, 0.25) is 0 Å². The Morgan fingerprint density at radius 3 is 2.50 bits per heavy atom. The zero-order chi connectivity index (χ0) is 12.5. The first-order valence-electron chi connectivity index (χ1n) is 7.06. The molecule has 0 bridgehead atoms. The van der Waals surface area contributed by atoms with Gasteiger partial charge in [-0.1, -0.05) is 31.2 Å². The molecule has 1 N–H and O–H groups in total. The Kier molecular flexibility index (Phi) is 3.37. The van der Waals surface area contributed by atoms with Crippen LogP contribution in [0.15, 0.2) is 24.3 Å². The van der Waals surface area contributed by atoms with Gasteiger partial charge in [0.25, 0.3) is 0 Å². The Balaban J connectivity index is 1.73. The normalized spacial score (nSPS) is 29.4. The van der Waals surface area contributed by atoms with Crippen molar-refractivity contribution in [1.29, 1.82) is 0 Å². The first kappa shape index (κ1) is 12.2. The Morgan fingerprint density at radius 2 is 1.89 bits per heavy atom. The fourth-order valence-electron chi connectivity index (χ4n) is 3.24. The first-order valence-corrected chi connectivity index (χ1v) is 7.06. The fraction of sp³-hybridized carbons (Fsp3) is 0.600. The monoisotopic (exact) mass is 245 g/mol. The minimum atomic E-state index is 0.554. The zero-order valence-electron chi connectivity index (χ0n) is 11.4. The van der Waals surface area contributed by atoms with Crippen LogP contribution < -0.4 is 5.32 Å². The number of benzene rings is 1. The van der Waals surface area contributed by atoms with Crippen LogP contribution in [0, 0.1) is 0 Å². The molecule has 1 aromatic carbocycles. The van der Waals surface area contributed by atoms with Gasteiger partial charge in [-0.15, -0.1) is 0 Å². The predicted molar refractivity (Wildman–Crippen MR) is 74.2 cm³/mol. The van der Waals surface area contributed by atoms with Crippen molar-refractivity contribution >= 4 is 0 Å². The summed E-state index contributed by atoms with van der Waals surface area (Å²) in [7, 11) is 0. The quantitative estimate of drug-likeness (QED) is 0.854. The third-order valence-electron chi connectivity index (χ3n) is 4.27. The molecule has 18 heavy (non-hydrogen) atoms. The molecule has 1 saturated heterocycles. The molecular weight excluding hydrogens is 222 g/mol. The molecule has 0 aromatic heterocycles. The van der Waals surface area contributed by atoms with Gasteiger partial charge in [-0.05, 0) is 24.6 Å². The van der Waals surface area contributed by atoms with Crippen LogP contribution in [-0.2, 0) is 13.1 Å². The highest BCUT2D eigenvalue weighted by Gasteiger charge is 2.32. The second kappa shape index (κ2) is 5.00.